The number of ether oxygens (including phenoxy) is 4. The average molecular weight is 457 g/mol. The number of rotatable bonds is 11. The van der Waals surface area contributed by atoms with Gasteiger partial charge >= 0.3 is 12.6 Å². The first-order valence-corrected chi connectivity index (χ1v) is 9.88. The maximum atomic E-state index is 12.4. The summed E-state index contributed by atoms with van der Waals surface area (Å²) < 4.78 is 45.0. The van der Waals surface area contributed by atoms with Crippen LogP contribution in [0.25, 0.3) is 0 Å². The second kappa shape index (κ2) is 12.0. The average Bonchev–Trinajstić information content (AvgIpc) is 2.82. The summed E-state index contributed by atoms with van der Waals surface area (Å²) in [5.74, 6) is -0.630. The molecular formula is C24H21F2NO6. The van der Waals surface area contributed by atoms with Crippen molar-refractivity contribution in [1.29, 1.82) is 0 Å². The lowest BCUT2D eigenvalue weighted by atomic mass is 10.2. The third-order valence-electron chi connectivity index (χ3n) is 4.17. The molecule has 7 nitrogen and oxygen atoms in total. The van der Waals surface area contributed by atoms with Gasteiger partial charge in [0, 0.05) is 0 Å². The Kier molecular flexibility index (Phi) is 8.58. The largest absolute Gasteiger partial charge is 0.489 e. The summed E-state index contributed by atoms with van der Waals surface area (Å²) >= 11 is 0. The van der Waals surface area contributed by atoms with E-state index < -0.39 is 31.7 Å². The number of alkyl halides is 2. The first-order valence-electron chi connectivity index (χ1n) is 9.88. The third kappa shape index (κ3) is 8.13. The van der Waals surface area contributed by atoms with E-state index in [9.17, 15) is 18.4 Å². The zero-order chi connectivity index (χ0) is 23.5. The molecule has 0 aliphatic rings. The Morgan fingerprint density at radius 2 is 1.42 bits per heavy atom. The highest BCUT2D eigenvalue weighted by Gasteiger charge is 2.13. The first kappa shape index (κ1) is 23.5. The molecule has 3 aromatic carbocycles. The Balaban J connectivity index is 1.38. The molecule has 0 bridgehead atoms. The quantitative estimate of drug-likeness (QED) is 0.429. The van der Waals surface area contributed by atoms with Crippen LogP contribution in [0.15, 0.2) is 78.9 Å². The number of benzene rings is 3. The van der Waals surface area contributed by atoms with Crippen LogP contribution in [0.4, 0.5) is 14.5 Å². The molecule has 172 valence electrons. The van der Waals surface area contributed by atoms with Crippen LogP contribution in [0.2, 0.25) is 0 Å². The number of carbonyl (C=O) groups excluding carboxylic acids is 2. The van der Waals surface area contributed by atoms with Crippen LogP contribution in [0.1, 0.15) is 5.56 Å². The molecule has 0 heterocycles. The van der Waals surface area contributed by atoms with E-state index in [1.54, 1.807) is 24.3 Å². The van der Waals surface area contributed by atoms with Gasteiger partial charge in [-0.05, 0) is 42.0 Å². The Morgan fingerprint density at radius 3 is 2.12 bits per heavy atom. The fourth-order valence-electron chi connectivity index (χ4n) is 2.66. The van der Waals surface area contributed by atoms with Crippen molar-refractivity contribution in [2.45, 2.75) is 13.2 Å². The van der Waals surface area contributed by atoms with Crippen molar-refractivity contribution in [1.82, 2.24) is 0 Å². The summed E-state index contributed by atoms with van der Waals surface area (Å²) in [6, 6.07) is 22.1. The van der Waals surface area contributed by atoms with E-state index in [-0.39, 0.29) is 11.4 Å². The molecule has 3 aromatic rings. The van der Waals surface area contributed by atoms with Gasteiger partial charge in [-0.1, -0.05) is 42.5 Å². The molecule has 0 spiro atoms. The SMILES string of the molecule is O=C(COC(=O)COc1ccc(OCc2ccccc2)cc1)Nc1ccccc1OC(F)F. The predicted octanol–water partition coefficient (Wildman–Crippen LogP) is 4.43. The molecule has 0 saturated carbocycles. The maximum absolute atomic E-state index is 12.4. The molecule has 0 aliphatic heterocycles. The Bertz CT molecular complexity index is 1040. The minimum absolute atomic E-state index is 0.0321. The summed E-state index contributed by atoms with van der Waals surface area (Å²) in [5.41, 5.74) is 1.07. The number of para-hydroxylation sites is 2. The topological polar surface area (TPSA) is 83.1 Å². The second-order valence-corrected chi connectivity index (χ2v) is 6.62. The van der Waals surface area contributed by atoms with E-state index in [0.29, 0.717) is 18.1 Å². The van der Waals surface area contributed by atoms with Gasteiger partial charge in [0.15, 0.2) is 13.2 Å². The van der Waals surface area contributed by atoms with Gasteiger partial charge in [-0.2, -0.15) is 8.78 Å². The lowest BCUT2D eigenvalue weighted by molar-refractivity contribution is -0.149. The molecule has 0 aromatic heterocycles. The minimum atomic E-state index is -3.04. The number of halogens is 2. The lowest BCUT2D eigenvalue weighted by Crippen LogP contribution is -2.24. The van der Waals surface area contributed by atoms with Gasteiger partial charge in [0.2, 0.25) is 0 Å². The predicted molar refractivity (Wildman–Crippen MR) is 115 cm³/mol. The Hall–Kier alpha value is -4.14. The van der Waals surface area contributed by atoms with E-state index in [0.717, 1.165) is 5.56 Å². The van der Waals surface area contributed by atoms with E-state index >= 15 is 0 Å². The van der Waals surface area contributed by atoms with E-state index in [2.05, 4.69) is 10.1 Å². The van der Waals surface area contributed by atoms with E-state index in [1.807, 2.05) is 30.3 Å². The van der Waals surface area contributed by atoms with Gasteiger partial charge in [-0.3, -0.25) is 4.79 Å². The number of hydrogen-bond acceptors (Lipinski definition) is 6. The number of amides is 1. The zero-order valence-corrected chi connectivity index (χ0v) is 17.4. The van der Waals surface area contributed by atoms with Gasteiger partial charge in [-0.15, -0.1) is 0 Å². The number of carbonyl (C=O) groups is 2. The van der Waals surface area contributed by atoms with Crippen LogP contribution in [0.3, 0.4) is 0 Å². The molecular weight excluding hydrogens is 436 g/mol. The zero-order valence-electron chi connectivity index (χ0n) is 17.4. The van der Waals surface area contributed by atoms with Crippen molar-refractivity contribution in [3.8, 4) is 17.2 Å². The highest BCUT2D eigenvalue weighted by Crippen LogP contribution is 2.25. The van der Waals surface area contributed by atoms with Crippen LogP contribution >= 0.6 is 0 Å². The summed E-state index contributed by atoms with van der Waals surface area (Å²) in [5, 5.41) is 2.35. The Labute approximate surface area is 188 Å². The summed E-state index contributed by atoms with van der Waals surface area (Å²) in [6.45, 7) is -3.64. The fourth-order valence-corrected chi connectivity index (χ4v) is 2.66. The fraction of sp³-hybridized carbons (Fsp3) is 0.167. The van der Waals surface area contributed by atoms with Crippen LogP contribution in [-0.4, -0.2) is 31.7 Å². The van der Waals surface area contributed by atoms with Crippen LogP contribution in [0.5, 0.6) is 17.2 Å². The van der Waals surface area contributed by atoms with Crippen molar-refractivity contribution < 1.29 is 37.3 Å². The molecule has 3 rings (SSSR count). The van der Waals surface area contributed by atoms with Crippen molar-refractivity contribution in [3.05, 3.63) is 84.4 Å². The maximum Gasteiger partial charge on any atom is 0.387 e. The molecule has 0 unspecified atom stereocenters. The summed E-state index contributed by atoms with van der Waals surface area (Å²) in [7, 11) is 0. The van der Waals surface area contributed by atoms with Gasteiger partial charge in [0.25, 0.3) is 5.91 Å². The van der Waals surface area contributed by atoms with E-state index in [4.69, 9.17) is 14.2 Å². The second-order valence-electron chi connectivity index (χ2n) is 6.62. The smallest absolute Gasteiger partial charge is 0.387 e. The van der Waals surface area contributed by atoms with Crippen LogP contribution in [0, 0.1) is 0 Å². The Morgan fingerprint density at radius 1 is 0.788 bits per heavy atom. The van der Waals surface area contributed by atoms with E-state index in [1.165, 1.54) is 24.3 Å². The van der Waals surface area contributed by atoms with Gasteiger partial charge in [-0.25, -0.2) is 4.79 Å². The summed E-state index contributed by atoms with van der Waals surface area (Å²) in [4.78, 5) is 23.8. The lowest BCUT2D eigenvalue weighted by Gasteiger charge is -2.12. The van der Waals surface area contributed by atoms with Crippen molar-refractivity contribution >= 4 is 17.6 Å². The van der Waals surface area contributed by atoms with Gasteiger partial charge < -0.3 is 24.3 Å². The first-order chi connectivity index (χ1) is 16.0. The minimum Gasteiger partial charge on any atom is -0.489 e. The molecule has 0 saturated heterocycles. The molecule has 1 N–H and O–H groups in total. The van der Waals surface area contributed by atoms with Crippen molar-refractivity contribution in [2.75, 3.05) is 18.5 Å². The molecule has 9 heteroatoms. The van der Waals surface area contributed by atoms with Crippen LogP contribution in [-0.2, 0) is 20.9 Å². The highest BCUT2D eigenvalue weighted by atomic mass is 19.3. The normalized spacial score (nSPS) is 10.4. The molecule has 33 heavy (non-hydrogen) atoms. The number of esters is 1. The molecule has 1 amide bonds. The highest BCUT2D eigenvalue weighted by molar-refractivity contribution is 5.94. The third-order valence-corrected chi connectivity index (χ3v) is 4.17. The molecule has 0 atom stereocenters. The summed E-state index contributed by atoms with van der Waals surface area (Å²) in [6.07, 6.45) is 0. The van der Waals surface area contributed by atoms with Gasteiger partial charge in [0.05, 0.1) is 5.69 Å². The molecule has 0 fully saturated rings. The van der Waals surface area contributed by atoms with Crippen molar-refractivity contribution in [3.63, 3.8) is 0 Å². The number of hydrogen-bond donors (Lipinski definition) is 1. The monoisotopic (exact) mass is 457 g/mol. The number of anilines is 1. The van der Waals surface area contributed by atoms with Gasteiger partial charge in [0.1, 0.15) is 23.9 Å². The number of nitrogens with one attached hydrogen (secondary N) is 1. The van der Waals surface area contributed by atoms with Crippen LogP contribution < -0.4 is 19.5 Å². The van der Waals surface area contributed by atoms with Crippen molar-refractivity contribution in [2.24, 2.45) is 0 Å². The molecule has 0 aliphatic carbocycles. The molecule has 0 radical (unpaired) electrons. The standard InChI is InChI=1S/C24H21F2NO6/c25-24(26)33-21-9-5-4-8-20(21)27-22(28)15-32-23(29)16-31-19-12-10-18(11-13-19)30-14-17-6-2-1-3-7-17/h1-13,24H,14-16H2,(H,27,28).